The highest BCUT2D eigenvalue weighted by Gasteiger charge is 2.11. The predicted octanol–water partition coefficient (Wildman–Crippen LogP) is -0.677. The number of nitrogens with zero attached hydrogens (tertiary/aromatic N) is 2. The molecule has 0 saturated carbocycles. The summed E-state index contributed by atoms with van der Waals surface area (Å²) < 4.78 is 0. The molecule has 1 heterocycles. The molecular formula is C9H16N4O2. The van der Waals surface area contributed by atoms with E-state index in [0.29, 0.717) is 12.2 Å². The van der Waals surface area contributed by atoms with Crippen LogP contribution in [0.2, 0.25) is 0 Å². The van der Waals surface area contributed by atoms with E-state index in [-0.39, 0.29) is 0 Å². The van der Waals surface area contributed by atoms with Gasteiger partial charge < -0.3 is 21.5 Å². The first kappa shape index (κ1) is 11.5. The summed E-state index contributed by atoms with van der Waals surface area (Å²) in [6.45, 7) is 1.46. The summed E-state index contributed by atoms with van der Waals surface area (Å²) in [5, 5.41) is 8.56. The Morgan fingerprint density at radius 3 is 3.00 bits per heavy atom. The van der Waals surface area contributed by atoms with E-state index in [1.165, 1.54) is 0 Å². The summed E-state index contributed by atoms with van der Waals surface area (Å²) in [4.78, 5) is 16.3. The highest BCUT2D eigenvalue weighted by Crippen LogP contribution is 2.01. The van der Waals surface area contributed by atoms with Crippen LogP contribution in [-0.4, -0.2) is 41.4 Å². The average molecular weight is 212 g/mol. The third kappa shape index (κ3) is 3.99. The van der Waals surface area contributed by atoms with E-state index < -0.39 is 12.0 Å². The number of nitrogens with two attached hydrogens (primary N) is 2. The van der Waals surface area contributed by atoms with E-state index in [1.807, 2.05) is 11.0 Å². The van der Waals surface area contributed by atoms with Crippen LogP contribution in [-0.2, 0) is 4.79 Å². The van der Waals surface area contributed by atoms with E-state index in [1.54, 1.807) is 6.34 Å². The summed E-state index contributed by atoms with van der Waals surface area (Å²) in [5.74, 6) is -0.431. The molecule has 0 radical (unpaired) electrons. The van der Waals surface area contributed by atoms with Crippen molar-refractivity contribution < 1.29 is 9.90 Å². The summed E-state index contributed by atoms with van der Waals surface area (Å²) in [7, 11) is 0. The fraction of sp³-hybridized carbons (Fsp3) is 0.556. The van der Waals surface area contributed by atoms with Gasteiger partial charge in [0.2, 0.25) is 0 Å². The second kappa shape index (κ2) is 5.35. The van der Waals surface area contributed by atoms with Crippen molar-refractivity contribution in [3.05, 3.63) is 11.9 Å². The van der Waals surface area contributed by atoms with Crippen LogP contribution in [0.5, 0.6) is 0 Å². The number of aliphatic imine (C=N–C) groups is 1. The van der Waals surface area contributed by atoms with Gasteiger partial charge in [-0.25, -0.2) is 4.99 Å². The fourth-order valence-corrected chi connectivity index (χ4v) is 1.25. The molecule has 15 heavy (non-hydrogen) atoms. The largest absolute Gasteiger partial charge is 0.480 e. The molecule has 1 rings (SSSR count). The van der Waals surface area contributed by atoms with Gasteiger partial charge in [0.15, 0.2) is 0 Å². The predicted molar refractivity (Wildman–Crippen MR) is 57.2 cm³/mol. The normalized spacial score (nSPS) is 17.4. The van der Waals surface area contributed by atoms with Crippen molar-refractivity contribution in [2.24, 2.45) is 16.5 Å². The van der Waals surface area contributed by atoms with Crippen LogP contribution in [0.15, 0.2) is 16.9 Å². The minimum Gasteiger partial charge on any atom is -0.480 e. The lowest BCUT2D eigenvalue weighted by molar-refractivity contribution is -0.138. The van der Waals surface area contributed by atoms with E-state index in [0.717, 1.165) is 19.5 Å². The highest BCUT2D eigenvalue weighted by molar-refractivity contribution is 5.72. The van der Waals surface area contributed by atoms with Crippen LogP contribution in [0.3, 0.4) is 0 Å². The molecule has 0 aromatic rings. The Kier molecular flexibility index (Phi) is 4.11. The number of carboxylic acid groups (broad SMARTS) is 1. The molecule has 0 aliphatic carbocycles. The van der Waals surface area contributed by atoms with Gasteiger partial charge in [-0.1, -0.05) is 0 Å². The first-order chi connectivity index (χ1) is 7.09. The van der Waals surface area contributed by atoms with Crippen molar-refractivity contribution in [2.45, 2.75) is 18.9 Å². The Morgan fingerprint density at radius 1 is 1.73 bits per heavy atom. The van der Waals surface area contributed by atoms with Gasteiger partial charge in [0, 0.05) is 13.1 Å². The van der Waals surface area contributed by atoms with Crippen LogP contribution in [0.4, 0.5) is 0 Å². The summed E-state index contributed by atoms with van der Waals surface area (Å²) in [6.07, 6.45) is 4.69. The molecule has 6 heteroatoms. The van der Waals surface area contributed by atoms with Crippen LogP contribution >= 0.6 is 0 Å². The summed E-state index contributed by atoms with van der Waals surface area (Å²) >= 11 is 0. The van der Waals surface area contributed by atoms with E-state index in [4.69, 9.17) is 16.6 Å². The molecule has 0 spiro atoms. The molecule has 1 atom stereocenters. The first-order valence-corrected chi connectivity index (χ1v) is 4.82. The zero-order valence-electron chi connectivity index (χ0n) is 8.47. The third-order valence-corrected chi connectivity index (χ3v) is 2.18. The molecule has 1 aliphatic rings. The minimum atomic E-state index is -0.952. The molecule has 5 N–H and O–H groups in total. The minimum absolute atomic E-state index is 0.471. The second-order valence-corrected chi connectivity index (χ2v) is 3.46. The van der Waals surface area contributed by atoms with Crippen molar-refractivity contribution in [1.29, 1.82) is 0 Å². The van der Waals surface area contributed by atoms with Gasteiger partial charge in [-0.2, -0.15) is 0 Å². The van der Waals surface area contributed by atoms with Gasteiger partial charge in [-0.15, -0.1) is 0 Å². The number of rotatable bonds is 5. The number of carbonyl (C=O) groups is 1. The van der Waals surface area contributed by atoms with E-state index in [9.17, 15) is 4.79 Å². The second-order valence-electron chi connectivity index (χ2n) is 3.46. The number of carboxylic acids is 1. The zero-order chi connectivity index (χ0) is 11.3. The summed E-state index contributed by atoms with van der Waals surface area (Å²) in [5.41, 5.74) is 10.8. The van der Waals surface area contributed by atoms with Crippen LogP contribution in [0.25, 0.3) is 0 Å². The zero-order valence-corrected chi connectivity index (χ0v) is 8.47. The maximum atomic E-state index is 10.4. The number of aliphatic carboxylic acids is 1. The quantitative estimate of drug-likeness (QED) is 0.560. The van der Waals surface area contributed by atoms with Gasteiger partial charge in [0.1, 0.15) is 11.9 Å². The Hall–Kier alpha value is -1.56. The molecule has 1 unspecified atom stereocenters. The number of hydrogen-bond acceptors (Lipinski definition) is 5. The monoisotopic (exact) mass is 212 g/mol. The lowest BCUT2D eigenvalue weighted by atomic mass is 10.1. The smallest absolute Gasteiger partial charge is 0.320 e. The van der Waals surface area contributed by atoms with Gasteiger partial charge >= 0.3 is 5.97 Å². The van der Waals surface area contributed by atoms with Gasteiger partial charge in [-0.3, -0.25) is 4.79 Å². The topological polar surface area (TPSA) is 105 Å². The fourth-order valence-electron chi connectivity index (χ4n) is 1.25. The Bertz CT molecular complexity index is 288. The van der Waals surface area contributed by atoms with Gasteiger partial charge in [0.25, 0.3) is 0 Å². The maximum absolute atomic E-state index is 10.4. The van der Waals surface area contributed by atoms with Crippen LogP contribution in [0, 0.1) is 0 Å². The third-order valence-electron chi connectivity index (χ3n) is 2.18. The van der Waals surface area contributed by atoms with Crippen molar-refractivity contribution in [1.82, 2.24) is 4.90 Å². The molecule has 1 aliphatic heterocycles. The molecule has 0 fully saturated rings. The van der Waals surface area contributed by atoms with Crippen molar-refractivity contribution in [2.75, 3.05) is 13.1 Å². The molecule has 0 bridgehead atoms. The van der Waals surface area contributed by atoms with Crippen molar-refractivity contribution >= 4 is 12.3 Å². The SMILES string of the molecule is NC1=CCN(CCCC(N)C(=O)O)C=N1. The maximum Gasteiger partial charge on any atom is 0.320 e. The molecule has 0 aromatic carbocycles. The van der Waals surface area contributed by atoms with Crippen LogP contribution < -0.4 is 11.5 Å². The van der Waals surface area contributed by atoms with Gasteiger partial charge in [-0.05, 0) is 18.9 Å². The van der Waals surface area contributed by atoms with Gasteiger partial charge in [0.05, 0.1) is 6.34 Å². The Balaban J connectivity index is 2.17. The standard InChI is InChI=1S/C9H16N4O2/c10-7(9(14)15)2-1-4-13-5-3-8(11)12-6-13/h3,6-7H,1-2,4-5,10-11H2,(H,14,15). The van der Waals surface area contributed by atoms with E-state index >= 15 is 0 Å². The molecule has 0 amide bonds. The van der Waals surface area contributed by atoms with E-state index in [2.05, 4.69) is 4.99 Å². The Morgan fingerprint density at radius 2 is 2.47 bits per heavy atom. The Labute approximate surface area is 88.3 Å². The van der Waals surface area contributed by atoms with Crippen molar-refractivity contribution in [3.63, 3.8) is 0 Å². The van der Waals surface area contributed by atoms with Crippen molar-refractivity contribution in [3.8, 4) is 0 Å². The average Bonchev–Trinajstić information content (AvgIpc) is 2.20. The summed E-state index contributed by atoms with van der Waals surface area (Å²) in [6, 6.07) is -0.771. The molecule has 84 valence electrons. The molecular weight excluding hydrogens is 196 g/mol. The molecule has 0 aromatic heterocycles. The molecule has 0 saturated heterocycles. The highest BCUT2D eigenvalue weighted by atomic mass is 16.4. The lowest BCUT2D eigenvalue weighted by Gasteiger charge is -2.20. The molecule has 6 nitrogen and oxygen atoms in total. The number of hydrogen-bond donors (Lipinski definition) is 3. The van der Waals surface area contributed by atoms with Crippen LogP contribution in [0.1, 0.15) is 12.8 Å². The lowest BCUT2D eigenvalue weighted by Crippen LogP contribution is -2.32. The first-order valence-electron chi connectivity index (χ1n) is 4.82.